The zero-order chi connectivity index (χ0) is 13.4. The third kappa shape index (κ3) is 1.92. The number of aromatic nitrogens is 1. The van der Waals surface area contributed by atoms with Crippen LogP contribution in [0.2, 0.25) is 0 Å². The number of rotatable bonds is 1. The quantitative estimate of drug-likeness (QED) is 0.636. The first-order valence-electron chi connectivity index (χ1n) is 5.54. The van der Waals surface area contributed by atoms with E-state index in [0.29, 0.717) is 4.83 Å². The van der Waals surface area contributed by atoms with E-state index in [1.807, 2.05) is 30.3 Å². The molecular weight excluding hydrogens is 260 g/mol. The van der Waals surface area contributed by atoms with Crippen LogP contribution in [0.25, 0.3) is 21.1 Å². The molecule has 0 saturated heterocycles. The highest BCUT2D eigenvalue weighted by Crippen LogP contribution is 2.24. The van der Waals surface area contributed by atoms with Gasteiger partial charge in [0, 0.05) is 10.8 Å². The van der Waals surface area contributed by atoms with Crippen molar-refractivity contribution in [2.24, 2.45) is 0 Å². The molecule has 0 bridgehead atoms. The van der Waals surface area contributed by atoms with Crippen LogP contribution in [0.15, 0.2) is 35.1 Å². The van der Waals surface area contributed by atoms with Crippen molar-refractivity contribution in [3.05, 3.63) is 45.4 Å². The van der Waals surface area contributed by atoms with Gasteiger partial charge in [-0.05, 0) is 30.3 Å². The molecule has 0 unspecified atom stereocenters. The highest BCUT2D eigenvalue weighted by Gasteiger charge is 2.06. The molecule has 0 radical (unpaired) electrons. The van der Waals surface area contributed by atoms with Crippen molar-refractivity contribution < 1.29 is 4.74 Å². The van der Waals surface area contributed by atoms with Gasteiger partial charge in [0.05, 0.1) is 12.6 Å². The minimum absolute atomic E-state index is 0.154. The zero-order valence-electron chi connectivity index (χ0n) is 10.0. The fourth-order valence-electron chi connectivity index (χ4n) is 1.90. The Hall–Kier alpha value is -2.45. The Morgan fingerprint density at radius 2 is 2.11 bits per heavy atom. The molecule has 0 aliphatic heterocycles. The van der Waals surface area contributed by atoms with Crippen molar-refractivity contribution >= 4 is 32.5 Å². The molecule has 0 aliphatic carbocycles. The van der Waals surface area contributed by atoms with E-state index in [9.17, 15) is 4.79 Å². The first kappa shape index (κ1) is 11.6. The molecule has 0 spiro atoms. The lowest BCUT2D eigenvalue weighted by atomic mass is 10.1. The van der Waals surface area contributed by atoms with E-state index in [4.69, 9.17) is 10.00 Å². The van der Waals surface area contributed by atoms with Gasteiger partial charge in [0.15, 0.2) is 0 Å². The Labute approximate surface area is 112 Å². The van der Waals surface area contributed by atoms with Gasteiger partial charge in [0.2, 0.25) is 0 Å². The van der Waals surface area contributed by atoms with Crippen LogP contribution >= 0.6 is 11.3 Å². The van der Waals surface area contributed by atoms with Gasteiger partial charge in [-0.1, -0.05) is 11.3 Å². The minimum atomic E-state index is -0.254. The van der Waals surface area contributed by atoms with Gasteiger partial charge in [-0.2, -0.15) is 5.26 Å². The second kappa shape index (κ2) is 4.34. The highest BCUT2D eigenvalue weighted by molar-refractivity contribution is 7.15. The normalized spacial score (nSPS) is 10.5. The summed E-state index contributed by atoms with van der Waals surface area (Å²) in [6.45, 7) is 0. The van der Waals surface area contributed by atoms with Gasteiger partial charge in [0.1, 0.15) is 22.2 Å². The van der Waals surface area contributed by atoms with Crippen molar-refractivity contribution in [3.8, 4) is 11.8 Å². The predicted molar refractivity (Wildman–Crippen MR) is 74.7 cm³/mol. The summed E-state index contributed by atoms with van der Waals surface area (Å²) in [7, 11) is 1.61. The first-order chi connectivity index (χ1) is 9.21. The van der Waals surface area contributed by atoms with Crippen LogP contribution in [0.1, 0.15) is 5.56 Å². The Morgan fingerprint density at radius 1 is 1.26 bits per heavy atom. The molecular formula is C14H8N2O2S. The Bertz CT molecular complexity index is 893. The standard InChI is InChI=1S/C14H8N2O2S/c1-18-11-2-3-12-8(6-11)4-9-5-10(7-15)14(17)19-13(9)16-12/h2-6H,1H3. The molecule has 0 N–H and O–H groups in total. The van der Waals surface area contributed by atoms with Crippen molar-refractivity contribution in [2.75, 3.05) is 7.11 Å². The molecule has 3 rings (SSSR count). The SMILES string of the molecule is COc1ccc2nc3sc(=O)c(C#N)cc3cc2c1. The van der Waals surface area contributed by atoms with Crippen molar-refractivity contribution in [1.82, 2.24) is 4.98 Å². The number of pyridine rings is 1. The average Bonchev–Trinajstić information content (AvgIpc) is 2.44. The molecule has 4 nitrogen and oxygen atoms in total. The molecule has 0 fully saturated rings. The minimum Gasteiger partial charge on any atom is -0.497 e. The molecule has 2 aromatic heterocycles. The molecule has 0 atom stereocenters. The summed E-state index contributed by atoms with van der Waals surface area (Å²) >= 11 is 0.997. The van der Waals surface area contributed by atoms with Crippen LogP contribution in [0.3, 0.4) is 0 Å². The summed E-state index contributed by atoms with van der Waals surface area (Å²) in [6.07, 6.45) is 0. The van der Waals surface area contributed by atoms with E-state index < -0.39 is 0 Å². The van der Waals surface area contributed by atoms with Crippen LogP contribution < -0.4 is 9.48 Å². The van der Waals surface area contributed by atoms with Crippen LogP contribution in [0.5, 0.6) is 5.75 Å². The number of hydrogen-bond acceptors (Lipinski definition) is 5. The Morgan fingerprint density at radius 3 is 2.84 bits per heavy atom. The van der Waals surface area contributed by atoms with Crippen molar-refractivity contribution in [2.45, 2.75) is 0 Å². The predicted octanol–water partition coefficient (Wildman–Crippen LogP) is 2.69. The molecule has 0 aliphatic rings. The number of nitrogens with zero attached hydrogens (tertiary/aromatic N) is 2. The highest BCUT2D eigenvalue weighted by atomic mass is 32.1. The summed E-state index contributed by atoms with van der Waals surface area (Å²) in [5, 5.41) is 10.6. The van der Waals surface area contributed by atoms with Crippen LogP contribution in [-0.4, -0.2) is 12.1 Å². The van der Waals surface area contributed by atoms with E-state index in [-0.39, 0.29) is 10.3 Å². The molecule has 2 heterocycles. The summed E-state index contributed by atoms with van der Waals surface area (Å²) in [5.74, 6) is 0.748. The van der Waals surface area contributed by atoms with Gasteiger partial charge >= 0.3 is 0 Å². The smallest absolute Gasteiger partial charge is 0.252 e. The number of ether oxygens (including phenoxy) is 1. The van der Waals surface area contributed by atoms with Crippen LogP contribution in [-0.2, 0) is 0 Å². The first-order valence-corrected chi connectivity index (χ1v) is 6.35. The molecule has 0 amide bonds. The number of benzene rings is 1. The maximum atomic E-state index is 11.6. The van der Waals surface area contributed by atoms with Crippen molar-refractivity contribution in [1.29, 1.82) is 5.26 Å². The third-order valence-corrected chi connectivity index (χ3v) is 3.77. The lowest BCUT2D eigenvalue weighted by Crippen LogP contribution is -1.99. The van der Waals surface area contributed by atoms with E-state index in [1.165, 1.54) is 0 Å². The monoisotopic (exact) mass is 268 g/mol. The second-order valence-corrected chi connectivity index (χ2v) is 4.96. The summed E-state index contributed by atoms with van der Waals surface area (Å²) in [4.78, 5) is 16.7. The van der Waals surface area contributed by atoms with Crippen molar-refractivity contribution in [3.63, 3.8) is 0 Å². The largest absolute Gasteiger partial charge is 0.497 e. The van der Waals surface area contributed by atoms with E-state index in [1.54, 1.807) is 13.2 Å². The lowest BCUT2D eigenvalue weighted by Gasteiger charge is -2.03. The summed E-state index contributed by atoms with van der Waals surface area (Å²) < 4.78 is 4.92. The topological polar surface area (TPSA) is 63.0 Å². The molecule has 0 saturated carbocycles. The number of hydrogen-bond donors (Lipinski definition) is 0. The van der Waals surface area contributed by atoms with Crippen LogP contribution in [0.4, 0.5) is 0 Å². The van der Waals surface area contributed by atoms with Gasteiger partial charge in [-0.25, -0.2) is 4.98 Å². The maximum Gasteiger partial charge on any atom is 0.252 e. The number of fused-ring (bicyclic) bond motifs is 2. The number of nitriles is 1. The molecule has 5 heteroatoms. The average molecular weight is 268 g/mol. The van der Waals surface area contributed by atoms with Gasteiger partial charge in [0.25, 0.3) is 4.74 Å². The third-order valence-electron chi connectivity index (χ3n) is 2.84. The lowest BCUT2D eigenvalue weighted by molar-refractivity contribution is 0.415. The molecule has 1 aromatic carbocycles. The Balaban J connectivity index is 2.39. The van der Waals surface area contributed by atoms with Gasteiger partial charge < -0.3 is 4.74 Å². The summed E-state index contributed by atoms with van der Waals surface area (Å²) in [5.41, 5.74) is 0.954. The number of methoxy groups -OCH3 is 1. The van der Waals surface area contributed by atoms with E-state index >= 15 is 0 Å². The zero-order valence-corrected chi connectivity index (χ0v) is 10.8. The summed E-state index contributed by atoms with van der Waals surface area (Å²) in [6, 6.07) is 11.0. The van der Waals surface area contributed by atoms with Gasteiger partial charge in [-0.15, -0.1) is 0 Å². The molecule has 92 valence electrons. The maximum absolute atomic E-state index is 11.6. The van der Waals surface area contributed by atoms with Crippen LogP contribution in [0, 0.1) is 11.3 Å². The van der Waals surface area contributed by atoms with E-state index in [0.717, 1.165) is 33.4 Å². The Kier molecular flexibility index (Phi) is 2.65. The molecule has 3 aromatic rings. The second-order valence-electron chi connectivity index (χ2n) is 4.00. The van der Waals surface area contributed by atoms with E-state index in [2.05, 4.69) is 4.98 Å². The fraction of sp³-hybridized carbons (Fsp3) is 0.0714. The van der Waals surface area contributed by atoms with Gasteiger partial charge in [-0.3, -0.25) is 4.79 Å². The fourth-order valence-corrected chi connectivity index (χ4v) is 2.67. The molecule has 19 heavy (non-hydrogen) atoms.